The molecule has 5 aliphatic rings. The predicted molar refractivity (Wildman–Crippen MR) is 524 cm³/mol. The highest BCUT2D eigenvalue weighted by Crippen LogP contribution is 2.53. The van der Waals surface area contributed by atoms with Crippen LogP contribution in [0.25, 0.3) is 110 Å². The minimum atomic E-state index is -2.43. The number of anilines is 11. The number of nitrogens with zero attached hydrogens (tertiary/aromatic N) is 13. The van der Waals surface area contributed by atoms with E-state index in [1.54, 1.807) is 29.7 Å². The minimum Gasteiger partial charge on any atom is -0.454 e. The molecule has 0 bridgehead atoms. The third-order valence-electron chi connectivity index (χ3n) is 25.3. The van der Waals surface area contributed by atoms with Crippen LogP contribution < -0.4 is 34.3 Å². The summed E-state index contributed by atoms with van der Waals surface area (Å²) in [6, 6.07) is 84.1. The van der Waals surface area contributed by atoms with Crippen LogP contribution in [0.5, 0.6) is 0 Å². The van der Waals surface area contributed by atoms with Crippen molar-refractivity contribution in [3.8, 4) is 0 Å². The van der Waals surface area contributed by atoms with Crippen molar-refractivity contribution in [1.82, 2.24) is 29.7 Å². The lowest BCUT2D eigenvalue weighted by atomic mass is 10.1. The lowest BCUT2D eigenvalue weighted by Gasteiger charge is -2.33. The van der Waals surface area contributed by atoms with Gasteiger partial charge in [0.15, 0.2) is 45.4 Å². The number of aromatic nitrogens is 3. The summed E-state index contributed by atoms with van der Waals surface area (Å²) in [6.45, 7) is 21.4. The zero-order chi connectivity index (χ0) is 94.2. The topological polar surface area (TPSA) is 137 Å². The summed E-state index contributed by atoms with van der Waals surface area (Å²) in [5.41, 5.74) is 22.6. The van der Waals surface area contributed by atoms with Crippen LogP contribution in [-0.4, -0.2) is 79.5 Å². The van der Waals surface area contributed by atoms with E-state index >= 15 is 0 Å². The summed E-state index contributed by atoms with van der Waals surface area (Å²) >= 11 is 0. The van der Waals surface area contributed by atoms with E-state index in [2.05, 4.69) is 199 Å². The van der Waals surface area contributed by atoms with Gasteiger partial charge in [0.25, 0.3) is 0 Å². The Bertz CT molecular complexity index is 7500. The summed E-state index contributed by atoms with van der Waals surface area (Å²) in [5.74, 6) is 2.65. The number of fused-ring (bicyclic) bond motifs is 17. The van der Waals surface area contributed by atoms with E-state index in [0.717, 1.165) is 189 Å². The molecule has 18 heteroatoms. The van der Waals surface area contributed by atoms with E-state index < -0.39 is 25.9 Å². The lowest BCUT2D eigenvalue weighted by Crippen LogP contribution is -2.39. The van der Waals surface area contributed by atoms with E-state index in [1.165, 1.54) is 23.0 Å². The van der Waals surface area contributed by atoms with E-state index in [9.17, 15) is 0 Å². The number of hydrogen-bond donors (Lipinski definition) is 0. The van der Waals surface area contributed by atoms with Gasteiger partial charge in [0.1, 0.15) is 58.7 Å². The highest BCUT2D eigenvalue weighted by Gasteiger charge is 2.42. The van der Waals surface area contributed by atoms with Gasteiger partial charge in [-0.15, -0.1) is 0 Å². The van der Waals surface area contributed by atoms with Gasteiger partial charge in [-0.1, -0.05) is 188 Å². The second-order valence-electron chi connectivity index (χ2n) is 33.3. The summed E-state index contributed by atoms with van der Waals surface area (Å²) in [7, 11) is 0. The minimum absolute atomic E-state index is 0.0117. The van der Waals surface area contributed by atoms with Crippen molar-refractivity contribution >= 4 is 173 Å². The molecule has 12 aromatic carbocycles. The number of furan rings is 5. The number of rotatable bonds is 9. The summed E-state index contributed by atoms with van der Waals surface area (Å²) in [6.07, 6.45) is 15.8. The van der Waals surface area contributed by atoms with Gasteiger partial charge in [0.2, 0.25) is 0 Å². The maximum atomic E-state index is 8.42. The molecule has 127 heavy (non-hydrogen) atoms. The molecule has 0 radical (unpaired) electrons. The Kier molecular flexibility index (Phi) is 18.4. The Balaban J connectivity index is 0.000000105. The Morgan fingerprint density at radius 2 is 0.598 bits per heavy atom. The van der Waals surface area contributed by atoms with Gasteiger partial charge in [-0.05, 0) is 191 Å². The molecule has 12 heterocycles. The molecule has 0 fully saturated rings. The molecule has 24 rings (SSSR count). The Morgan fingerprint density at radius 3 is 0.969 bits per heavy atom. The van der Waals surface area contributed by atoms with Crippen molar-refractivity contribution in [2.45, 2.75) is 140 Å². The Labute approximate surface area is 750 Å². The third kappa shape index (κ3) is 13.7. The van der Waals surface area contributed by atoms with Gasteiger partial charge < -0.3 is 66.2 Å². The second kappa shape index (κ2) is 32.6. The van der Waals surface area contributed by atoms with Gasteiger partial charge in [0, 0.05) is 148 Å². The number of benzene rings is 12. The van der Waals surface area contributed by atoms with Crippen LogP contribution in [0.2, 0.25) is 0 Å². The van der Waals surface area contributed by atoms with Crippen molar-refractivity contribution in [3.63, 3.8) is 0 Å². The fraction of sp³-hybridized carbons (Fsp3) is 0.202. The zero-order valence-corrected chi connectivity index (χ0v) is 73.2. The quantitative estimate of drug-likeness (QED) is 0.135. The third-order valence-corrected chi connectivity index (χ3v) is 25.3. The number of hydrogen-bond acceptors (Lipinski definition) is 18. The van der Waals surface area contributed by atoms with Crippen LogP contribution >= 0.6 is 0 Å². The molecule has 7 aromatic heterocycles. The van der Waals surface area contributed by atoms with Gasteiger partial charge >= 0.3 is 0 Å². The van der Waals surface area contributed by atoms with Crippen molar-refractivity contribution in [1.29, 1.82) is 0 Å². The molecule has 0 N–H and O–H groups in total. The van der Waals surface area contributed by atoms with Crippen LogP contribution in [-0.2, 0) is 0 Å². The monoisotopic (exact) mass is 1680 g/mol. The molecule has 0 saturated carbocycles. The molecule has 0 aliphatic carbocycles. The molecule has 18 nitrogen and oxygen atoms in total. The first-order valence-electron chi connectivity index (χ1n) is 47.2. The fourth-order valence-corrected chi connectivity index (χ4v) is 19.0. The first kappa shape index (κ1) is 71.5. The van der Waals surface area contributed by atoms with E-state index in [4.69, 9.17) is 43.0 Å². The van der Waals surface area contributed by atoms with Crippen LogP contribution in [0.4, 0.5) is 63.0 Å². The predicted octanol–water partition coefficient (Wildman–Crippen LogP) is 28.2. The molecular formula is C109H103N13O5. The second-order valence-corrected chi connectivity index (χ2v) is 33.3. The number of pyridine rings is 1. The molecular weight excluding hydrogens is 1570 g/mol. The highest BCUT2D eigenvalue weighted by atomic mass is 16.3. The van der Waals surface area contributed by atoms with Crippen LogP contribution in [0.3, 0.4) is 0 Å². The molecule has 0 saturated heterocycles. The molecule has 5 aliphatic heterocycles. The largest absolute Gasteiger partial charge is 0.454 e. The Hall–Kier alpha value is -14.9. The molecule has 6 unspecified atom stereocenters. The first-order valence-corrected chi connectivity index (χ1v) is 43.2. The van der Waals surface area contributed by atoms with Crippen LogP contribution in [0, 0.1) is 34.6 Å². The van der Waals surface area contributed by atoms with E-state index in [-0.39, 0.29) is 30.8 Å². The maximum Gasteiger partial charge on any atom is 0.178 e. The molecule has 19 aromatic rings. The molecule has 0 spiro atoms. The van der Waals surface area contributed by atoms with Crippen molar-refractivity contribution < 1.29 is 33.1 Å². The van der Waals surface area contributed by atoms with E-state index in [1.807, 2.05) is 214 Å². The summed E-state index contributed by atoms with van der Waals surface area (Å²) < 4.78 is 94.3. The zero-order valence-electron chi connectivity index (χ0n) is 81.2. The normalized spacial score (nSPS) is 18.7. The standard InChI is InChI=1S/C26H21N3O.C25H20N4O.2C20H22N2O.C18H18N2O/c1-17-14-15-21-20-11-6-7-13-23(20)30-25(21)24(17)29-18(2)28(19-9-4-3-5-10-19)26-22(29)12-8-16-27-26;1-16-12-13-20-19-10-6-7-11-21(19)30-23(20)22(16)29-17(2)28(18-8-4-3-5-9-18)24-25(29)27-15-14-26-24;2*1-13(2)21-11-12-22(15(21)4)19-14(3)9-10-17-16-7-5-6-8-18(16)23-20(17)19;1-12-8-9-15-14-6-4-5-7-16(14)21-18(15)17(12)20-11-10-19(3)13(20)2/h3-16,18H,1-2H3;3-15,17H,1-2H3;2*5-13,15H,1-4H3;4-11,13H,1-3H3/i;;1D3,13D;13D;3D3. The Morgan fingerprint density at radius 1 is 0.283 bits per heavy atom. The highest BCUT2D eigenvalue weighted by molar-refractivity contribution is 6.15. The van der Waals surface area contributed by atoms with Crippen molar-refractivity contribution in [3.05, 3.63) is 338 Å². The van der Waals surface area contributed by atoms with Gasteiger partial charge in [-0.2, -0.15) is 0 Å². The van der Waals surface area contributed by atoms with E-state index in [0.29, 0.717) is 0 Å². The SMILES string of the molecule is Cc1ccc2c(oc3ccccc32)c1N1c2cccnc2N(c2ccccc2)C1C.Cc1ccc2c(oc3ccccc32)c1N1c2nccnc2N(c2ccccc2)C1C.[2H]C(C)(C)N1C=CN(c2c(C)ccc3c2oc2ccccc23)C1C.[2H]C([2H])([2H])C([2H])(C)N1C=CN(c2c(C)ccc3c2oc2ccccc23)C1C.[2H]C([2H])([2H])N1C=CN(c2c(C)ccc3c2oc2ccccc23)C1C. The van der Waals surface area contributed by atoms with Gasteiger partial charge in [-0.3, -0.25) is 4.90 Å². The van der Waals surface area contributed by atoms with Crippen molar-refractivity contribution in [2.24, 2.45) is 0 Å². The van der Waals surface area contributed by atoms with Gasteiger partial charge in [-0.25, -0.2) is 15.0 Å². The molecule has 634 valence electrons. The van der Waals surface area contributed by atoms with Crippen LogP contribution in [0.1, 0.15) is 101 Å². The van der Waals surface area contributed by atoms with Crippen molar-refractivity contribution in [2.75, 3.05) is 41.3 Å². The van der Waals surface area contributed by atoms with Gasteiger partial charge in [0.05, 0.1) is 36.9 Å². The molecule has 0 amide bonds. The maximum absolute atomic E-state index is 8.42. The number of para-hydroxylation sites is 7. The first-order chi connectivity index (χ1) is 64.9. The average molecular weight is 1680 g/mol. The lowest BCUT2D eigenvalue weighted by molar-refractivity contribution is 0.263. The fourth-order valence-electron chi connectivity index (χ4n) is 19.0. The summed E-state index contributed by atoms with van der Waals surface area (Å²) in [4.78, 5) is 34.4. The smallest absolute Gasteiger partial charge is 0.178 e. The van der Waals surface area contributed by atoms with Crippen LogP contribution in [0.15, 0.2) is 333 Å². The summed E-state index contributed by atoms with van der Waals surface area (Å²) in [5, 5.41) is 11.0. The number of aryl methyl sites for hydroxylation is 5. The molecule has 6 atom stereocenters. The average Bonchev–Trinajstić information content (AvgIpc) is 1.57.